The molecule has 8 heteroatoms. The first kappa shape index (κ1) is 25.7. The fourth-order valence-electron chi connectivity index (χ4n) is 3.23. The Labute approximate surface area is 210 Å². The standard InChI is InChI=1S/C27H27FN4O2S/c1-2-3-16-34-25-17-21(12-13-24(25)32-26(33)22-6-4-5-7-23(22)28)31-27(35)30-15-14-19-8-10-20(18-29)11-9-19/h4-13,17H,2-3,14-16H2,1H3,(H,32,33)(H2,30,31,35). The van der Waals surface area contributed by atoms with Crippen molar-refractivity contribution in [3.05, 3.63) is 89.2 Å². The summed E-state index contributed by atoms with van der Waals surface area (Å²) < 4.78 is 19.9. The van der Waals surface area contributed by atoms with Gasteiger partial charge >= 0.3 is 0 Å². The Kier molecular flexibility index (Phi) is 9.58. The molecule has 0 aromatic heterocycles. The molecule has 0 radical (unpaired) electrons. The van der Waals surface area contributed by atoms with Crippen LogP contribution in [0.15, 0.2) is 66.7 Å². The van der Waals surface area contributed by atoms with Crippen molar-refractivity contribution in [2.24, 2.45) is 0 Å². The van der Waals surface area contributed by atoms with Gasteiger partial charge in [-0.25, -0.2) is 4.39 Å². The zero-order chi connectivity index (χ0) is 25.0. The van der Waals surface area contributed by atoms with Crippen LogP contribution < -0.4 is 20.7 Å². The quantitative estimate of drug-likeness (QED) is 0.251. The lowest BCUT2D eigenvalue weighted by Crippen LogP contribution is -2.30. The molecule has 1 amide bonds. The lowest BCUT2D eigenvalue weighted by molar-refractivity contribution is 0.102. The Bertz CT molecular complexity index is 1210. The van der Waals surface area contributed by atoms with E-state index >= 15 is 0 Å². The minimum Gasteiger partial charge on any atom is -0.491 e. The van der Waals surface area contributed by atoms with Crippen molar-refractivity contribution in [1.29, 1.82) is 5.26 Å². The van der Waals surface area contributed by atoms with Crippen LogP contribution in [0.2, 0.25) is 0 Å². The maximum Gasteiger partial charge on any atom is 0.258 e. The third-order valence-corrected chi connectivity index (χ3v) is 5.39. The number of amides is 1. The van der Waals surface area contributed by atoms with Crippen LogP contribution in [-0.4, -0.2) is 24.2 Å². The van der Waals surface area contributed by atoms with Gasteiger partial charge in [-0.2, -0.15) is 5.26 Å². The highest BCUT2D eigenvalue weighted by Crippen LogP contribution is 2.29. The molecule has 0 saturated heterocycles. The molecule has 0 bridgehead atoms. The van der Waals surface area contributed by atoms with E-state index in [9.17, 15) is 9.18 Å². The van der Waals surface area contributed by atoms with E-state index in [1.165, 1.54) is 18.2 Å². The van der Waals surface area contributed by atoms with Crippen molar-refractivity contribution < 1.29 is 13.9 Å². The van der Waals surface area contributed by atoms with Gasteiger partial charge < -0.3 is 20.7 Å². The van der Waals surface area contributed by atoms with Crippen molar-refractivity contribution in [1.82, 2.24) is 5.32 Å². The van der Waals surface area contributed by atoms with Gasteiger partial charge in [0, 0.05) is 18.3 Å². The molecule has 180 valence electrons. The molecule has 0 unspecified atom stereocenters. The average Bonchev–Trinajstić information content (AvgIpc) is 2.86. The summed E-state index contributed by atoms with van der Waals surface area (Å²) in [4.78, 5) is 12.6. The molecule has 35 heavy (non-hydrogen) atoms. The summed E-state index contributed by atoms with van der Waals surface area (Å²) in [5, 5.41) is 18.4. The Morgan fingerprint density at radius 1 is 1.09 bits per heavy atom. The zero-order valence-corrected chi connectivity index (χ0v) is 20.3. The van der Waals surface area contributed by atoms with Gasteiger partial charge in [0.05, 0.1) is 29.5 Å². The Balaban J connectivity index is 1.62. The van der Waals surface area contributed by atoms with Crippen LogP contribution in [0.3, 0.4) is 0 Å². The normalized spacial score (nSPS) is 10.2. The van der Waals surface area contributed by atoms with E-state index < -0.39 is 11.7 Å². The summed E-state index contributed by atoms with van der Waals surface area (Å²) >= 11 is 5.40. The lowest BCUT2D eigenvalue weighted by Gasteiger charge is -2.16. The predicted octanol–water partition coefficient (Wildman–Crippen LogP) is 5.66. The minimum atomic E-state index is -0.589. The van der Waals surface area contributed by atoms with E-state index in [2.05, 4.69) is 28.9 Å². The summed E-state index contributed by atoms with van der Waals surface area (Å²) in [6.07, 6.45) is 2.57. The van der Waals surface area contributed by atoms with Crippen LogP contribution in [0.4, 0.5) is 15.8 Å². The molecule has 0 aliphatic carbocycles. The Morgan fingerprint density at radius 2 is 1.86 bits per heavy atom. The van der Waals surface area contributed by atoms with Crippen LogP contribution in [0.25, 0.3) is 0 Å². The topological polar surface area (TPSA) is 86.2 Å². The van der Waals surface area contributed by atoms with Gasteiger partial charge in [-0.1, -0.05) is 37.6 Å². The summed E-state index contributed by atoms with van der Waals surface area (Å²) in [5.41, 5.74) is 2.82. The number of nitrogens with one attached hydrogen (secondary N) is 3. The number of thiocarbonyl (C=S) groups is 1. The van der Waals surface area contributed by atoms with Crippen LogP contribution in [0.5, 0.6) is 5.75 Å². The molecular formula is C27H27FN4O2S. The molecule has 3 aromatic rings. The van der Waals surface area contributed by atoms with Crippen LogP contribution in [-0.2, 0) is 6.42 Å². The molecule has 3 aromatic carbocycles. The smallest absolute Gasteiger partial charge is 0.258 e. The van der Waals surface area contributed by atoms with Crippen molar-refractivity contribution in [2.75, 3.05) is 23.8 Å². The highest BCUT2D eigenvalue weighted by molar-refractivity contribution is 7.80. The summed E-state index contributed by atoms with van der Waals surface area (Å²) in [5.74, 6) is -0.674. The number of unbranched alkanes of at least 4 members (excludes halogenated alkanes) is 1. The first-order valence-electron chi connectivity index (χ1n) is 11.4. The predicted molar refractivity (Wildman–Crippen MR) is 140 cm³/mol. The number of carbonyl (C=O) groups excluding carboxylic acids is 1. The number of carbonyl (C=O) groups is 1. The number of rotatable bonds is 10. The maximum absolute atomic E-state index is 14.0. The average molecular weight is 491 g/mol. The first-order valence-corrected chi connectivity index (χ1v) is 11.8. The SMILES string of the molecule is CCCCOc1cc(NC(=S)NCCc2ccc(C#N)cc2)ccc1NC(=O)c1ccccc1F. The second-order valence-corrected chi connectivity index (χ2v) is 8.19. The fourth-order valence-corrected chi connectivity index (χ4v) is 3.45. The van der Waals surface area contributed by atoms with Gasteiger partial charge in [-0.15, -0.1) is 0 Å². The number of benzene rings is 3. The molecule has 0 aliphatic heterocycles. The van der Waals surface area contributed by atoms with Gasteiger partial charge in [0.2, 0.25) is 0 Å². The number of hydrogen-bond acceptors (Lipinski definition) is 4. The van der Waals surface area contributed by atoms with E-state index in [4.69, 9.17) is 22.2 Å². The summed E-state index contributed by atoms with van der Waals surface area (Å²) in [7, 11) is 0. The van der Waals surface area contributed by atoms with E-state index in [0.717, 1.165) is 24.8 Å². The van der Waals surface area contributed by atoms with Crippen molar-refractivity contribution >= 4 is 34.6 Å². The third kappa shape index (κ3) is 7.80. The van der Waals surface area contributed by atoms with Crippen molar-refractivity contribution in [3.63, 3.8) is 0 Å². The Morgan fingerprint density at radius 3 is 2.57 bits per heavy atom. The molecule has 3 rings (SSSR count). The Hall–Kier alpha value is -3.96. The number of nitriles is 1. The van der Waals surface area contributed by atoms with Crippen LogP contribution >= 0.6 is 12.2 Å². The third-order valence-electron chi connectivity index (χ3n) is 5.14. The minimum absolute atomic E-state index is 0.0400. The molecule has 0 aliphatic rings. The second-order valence-electron chi connectivity index (χ2n) is 7.79. The van der Waals surface area contributed by atoms with Crippen molar-refractivity contribution in [2.45, 2.75) is 26.2 Å². The number of anilines is 2. The van der Waals surface area contributed by atoms with Gasteiger partial charge in [-0.3, -0.25) is 4.79 Å². The van der Waals surface area contributed by atoms with E-state index in [1.807, 2.05) is 12.1 Å². The zero-order valence-electron chi connectivity index (χ0n) is 19.4. The highest BCUT2D eigenvalue weighted by atomic mass is 32.1. The highest BCUT2D eigenvalue weighted by Gasteiger charge is 2.14. The number of halogens is 1. The number of ether oxygens (including phenoxy) is 1. The van der Waals surface area contributed by atoms with Gasteiger partial charge in [0.1, 0.15) is 11.6 Å². The van der Waals surface area contributed by atoms with E-state index in [1.54, 1.807) is 36.4 Å². The fraction of sp³-hybridized carbons (Fsp3) is 0.222. The number of hydrogen-bond donors (Lipinski definition) is 3. The first-order chi connectivity index (χ1) is 17.0. The largest absolute Gasteiger partial charge is 0.491 e. The van der Waals surface area contributed by atoms with Gasteiger partial charge in [-0.05, 0) is 67.0 Å². The molecule has 6 nitrogen and oxygen atoms in total. The van der Waals surface area contributed by atoms with Crippen LogP contribution in [0.1, 0.15) is 41.3 Å². The molecule has 0 fully saturated rings. The van der Waals surface area contributed by atoms with E-state index in [-0.39, 0.29) is 5.56 Å². The van der Waals surface area contributed by atoms with Gasteiger partial charge in [0.15, 0.2) is 5.11 Å². The molecule has 3 N–H and O–H groups in total. The molecule has 0 spiro atoms. The number of nitrogens with zero attached hydrogens (tertiary/aromatic N) is 1. The molecule has 0 atom stereocenters. The maximum atomic E-state index is 14.0. The molecular weight excluding hydrogens is 463 g/mol. The second kappa shape index (κ2) is 13.1. The van der Waals surface area contributed by atoms with E-state index in [0.29, 0.717) is 41.0 Å². The monoisotopic (exact) mass is 490 g/mol. The van der Waals surface area contributed by atoms with Crippen molar-refractivity contribution in [3.8, 4) is 11.8 Å². The molecule has 0 heterocycles. The van der Waals surface area contributed by atoms with Gasteiger partial charge in [0.25, 0.3) is 5.91 Å². The summed E-state index contributed by atoms with van der Waals surface area (Å²) in [6.45, 7) is 3.16. The van der Waals surface area contributed by atoms with Crippen LogP contribution in [0, 0.1) is 17.1 Å². The molecule has 0 saturated carbocycles. The lowest BCUT2D eigenvalue weighted by atomic mass is 10.1. The summed E-state index contributed by atoms with van der Waals surface area (Å²) in [6, 6.07) is 20.6.